The summed E-state index contributed by atoms with van der Waals surface area (Å²) >= 11 is 1.42. The lowest BCUT2D eigenvalue weighted by Crippen LogP contribution is -2.11. The number of halogens is 2. The molecule has 1 aromatic heterocycles. The zero-order valence-corrected chi connectivity index (χ0v) is 11.2. The molecule has 1 heterocycles. The Morgan fingerprint density at radius 2 is 2.16 bits per heavy atom. The summed E-state index contributed by atoms with van der Waals surface area (Å²) in [5.41, 5.74) is 1.49. The van der Waals surface area contributed by atoms with Crippen molar-refractivity contribution in [2.45, 2.75) is 20.1 Å². The summed E-state index contributed by atoms with van der Waals surface area (Å²) in [6, 6.07) is 6.69. The van der Waals surface area contributed by atoms with Gasteiger partial charge >= 0.3 is 6.61 Å². The first-order chi connectivity index (χ1) is 9.20. The number of benzene rings is 1. The molecule has 0 amide bonds. The minimum Gasteiger partial charge on any atom is -0.434 e. The number of ether oxygens (including phenoxy) is 1. The van der Waals surface area contributed by atoms with Gasteiger partial charge in [0.05, 0.1) is 11.3 Å². The summed E-state index contributed by atoms with van der Waals surface area (Å²) in [5.74, 6) is 0.154. The highest BCUT2D eigenvalue weighted by Gasteiger charge is 2.13. The molecule has 0 radical (unpaired) electrons. The lowest BCUT2D eigenvalue weighted by Gasteiger charge is -2.08. The predicted octanol–water partition coefficient (Wildman–Crippen LogP) is 3.52. The number of nitrogens with zero attached hydrogens (tertiary/aromatic N) is 1. The molecule has 2 rings (SSSR count). The largest absolute Gasteiger partial charge is 0.434 e. The first-order valence-electron chi connectivity index (χ1n) is 5.90. The van der Waals surface area contributed by atoms with E-state index >= 15 is 0 Å². The van der Waals surface area contributed by atoms with Crippen molar-refractivity contribution in [2.24, 2.45) is 0 Å². The highest BCUT2D eigenvalue weighted by Crippen LogP contribution is 2.32. The first kappa shape index (κ1) is 13.9. The van der Waals surface area contributed by atoms with Crippen LogP contribution in [0, 0.1) is 0 Å². The Morgan fingerprint density at radius 3 is 2.89 bits per heavy atom. The summed E-state index contributed by atoms with van der Waals surface area (Å²) in [7, 11) is 0. The molecule has 102 valence electrons. The number of hydrogen-bond acceptors (Lipinski definition) is 4. The van der Waals surface area contributed by atoms with Gasteiger partial charge in [0, 0.05) is 11.9 Å². The van der Waals surface area contributed by atoms with E-state index in [1.165, 1.54) is 17.4 Å². The molecule has 0 aliphatic heterocycles. The van der Waals surface area contributed by atoms with Crippen molar-refractivity contribution >= 4 is 11.3 Å². The molecule has 0 unspecified atom stereocenters. The lowest BCUT2D eigenvalue weighted by molar-refractivity contribution is -0.0494. The van der Waals surface area contributed by atoms with Gasteiger partial charge in [-0.05, 0) is 18.7 Å². The summed E-state index contributed by atoms with van der Waals surface area (Å²) in [4.78, 5) is 4.42. The van der Waals surface area contributed by atoms with Crippen molar-refractivity contribution in [3.8, 4) is 16.3 Å². The Balaban J connectivity index is 2.23. The number of rotatable bonds is 6. The van der Waals surface area contributed by atoms with E-state index in [9.17, 15) is 8.78 Å². The van der Waals surface area contributed by atoms with Crippen LogP contribution in [0.25, 0.3) is 10.6 Å². The standard InChI is InChI=1S/C13H14F2N2OS/c1-2-16-7-9-8-19-12(17-9)10-5-3-4-6-11(10)18-13(14)15/h3-6,8,13,16H,2,7H2,1H3. The van der Waals surface area contributed by atoms with Crippen LogP contribution in [0.5, 0.6) is 5.75 Å². The quantitative estimate of drug-likeness (QED) is 0.881. The molecule has 2 aromatic rings. The second-order valence-electron chi connectivity index (χ2n) is 3.80. The van der Waals surface area contributed by atoms with Gasteiger partial charge in [0.25, 0.3) is 0 Å². The fourth-order valence-electron chi connectivity index (χ4n) is 1.61. The van der Waals surface area contributed by atoms with Crippen molar-refractivity contribution in [3.05, 3.63) is 35.3 Å². The van der Waals surface area contributed by atoms with Gasteiger partial charge in [-0.1, -0.05) is 19.1 Å². The van der Waals surface area contributed by atoms with Crippen molar-refractivity contribution in [1.82, 2.24) is 10.3 Å². The Morgan fingerprint density at radius 1 is 1.37 bits per heavy atom. The first-order valence-corrected chi connectivity index (χ1v) is 6.78. The van der Waals surface area contributed by atoms with Crippen LogP contribution in [0.3, 0.4) is 0 Å². The zero-order chi connectivity index (χ0) is 13.7. The van der Waals surface area contributed by atoms with Crippen LogP contribution in [0.15, 0.2) is 29.6 Å². The monoisotopic (exact) mass is 284 g/mol. The van der Waals surface area contributed by atoms with Gasteiger partial charge in [-0.2, -0.15) is 8.78 Å². The number of alkyl halides is 2. The fourth-order valence-corrected chi connectivity index (χ4v) is 2.46. The van der Waals surface area contributed by atoms with Crippen molar-refractivity contribution in [1.29, 1.82) is 0 Å². The summed E-state index contributed by atoms with van der Waals surface area (Å²) in [6.45, 7) is 0.712. The molecule has 3 nitrogen and oxygen atoms in total. The van der Waals surface area contributed by atoms with Gasteiger partial charge in [0.15, 0.2) is 0 Å². The number of aromatic nitrogens is 1. The third-order valence-electron chi connectivity index (χ3n) is 2.44. The molecule has 0 aliphatic rings. The molecule has 0 aliphatic carbocycles. The highest BCUT2D eigenvalue weighted by atomic mass is 32.1. The normalized spacial score (nSPS) is 10.9. The van der Waals surface area contributed by atoms with Crippen molar-refractivity contribution < 1.29 is 13.5 Å². The third-order valence-corrected chi connectivity index (χ3v) is 3.37. The Labute approximate surface area is 114 Å². The molecule has 0 fully saturated rings. The molecule has 0 atom stereocenters. The number of nitrogens with one attached hydrogen (secondary N) is 1. The van der Waals surface area contributed by atoms with Gasteiger partial charge in [-0.25, -0.2) is 4.98 Å². The van der Waals surface area contributed by atoms with Gasteiger partial charge < -0.3 is 10.1 Å². The lowest BCUT2D eigenvalue weighted by atomic mass is 10.2. The average molecular weight is 284 g/mol. The number of para-hydroxylation sites is 1. The molecular weight excluding hydrogens is 270 g/mol. The van der Waals surface area contributed by atoms with E-state index in [2.05, 4.69) is 15.0 Å². The second kappa shape index (κ2) is 6.58. The number of hydrogen-bond donors (Lipinski definition) is 1. The summed E-state index contributed by atoms with van der Waals surface area (Å²) in [5, 5.41) is 5.77. The third kappa shape index (κ3) is 3.71. The Kier molecular flexibility index (Phi) is 4.81. The van der Waals surface area contributed by atoms with Crippen LogP contribution < -0.4 is 10.1 Å². The molecule has 19 heavy (non-hydrogen) atoms. The molecule has 6 heteroatoms. The van der Waals surface area contributed by atoms with Crippen LogP contribution >= 0.6 is 11.3 Å². The van der Waals surface area contributed by atoms with Gasteiger partial charge in [0.2, 0.25) is 0 Å². The van der Waals surface area contributed by atoms with Crippen LogP contribution in [0.2, 0.25) is 0 Å². The van der Waals surface area contributed by atoms with E-state index < -0.39 is 6.61 Å². The topological polar surface area (TPSA) is 34.1 Å². The van der Waals surface area contributed by atoms with Gasteiger partial charge in [0.1, 0.15) is 10.8 Å². The SMILES string of the molecule is CCNCc1csc(-c2ccccc2OC(F)F)n1. The molecule has 0 bridgehead atoms. The maximum absolute atomic E-state index is 12.3. The van der Waals surface area contributed by atoms with Crippen LogP contribution in [0.4, 0.5) is 8.78 Å². The van der Waals surface area contributed by atoms with E-state index in [-0.39, 0.29) is 5.75 Å². The molecule has 0 saturated heterocycles. The van der Waals surface area contributed by atoms with E-state index in [1.54, 1.807) is 18.2 Å². The van der Waals surface area contributed by atoms with Crippen LogP contribution in [-0.4, -0.2) is 18.1 Å². The maximum atomic E-state index is 12.3. The number of thiazole rings is 1. The molecule has 0 spiro atoms. The Hall–Kier alpha value is -1.53. The van der Waals surface area contributed by atoms with Gasteiger partial charge in [-0.3, -0.25) is 0 Å². The van der Waals surface area contributed by atoms with E-state index in [0.29, 0.717) is 17.1 Å². The second-order valence-corrected chi connectivity index (χ2v) is 4.66. The van der Waals surface area contributed by atoms with Crippen molar-refractivity contribution in [3.63, 3.8) is 0 Å². The molecule has 1 aromatic carbocycles. The summed E-state index contributed by atoms with van der Waals surface area (Å²) < 4.78 is 29.2. The maximum Gasteiger partial charge on any atom is 0.387 e. The average Bonchev–Trinajstić information content (AvgIpc) is 2.85. The highest BCUT2D eigenvalue weighted by molar-refractivity contribution is 7.13. The van der Waals surface area contributed by atoms with Crippen molar-refractivity contribution in [2.75, 3.05) is 6.54 Å². The predicted molar refractivity (Wildman–Crippen MR) is 71.6 cm³/mol. The van der Waals surface area contributed by atoms with E-state index in [0.717, 1.165) is 12.2 Å². The van der Waals surface area contributed by atoms with Gasteiger partial charge in [-0.15, -0.1) is 11.3 Å². The Bertz CT molecular complexity index is 531. The smallest absolute Gasteiger partial charge is 0.387 e. The molecule has 1 N–H and O–H groups in total. The fraction of sp³-hybridized carbons (Fsp3) is 0.308. The zero-order valence-electron chi connectivity index (χ0n) is 10.4. The van der Waals surface area contributed by atoms with E-state index in [4.69, 9.17) is 0 Å². The molecule has 0 saturated carbocycles. The van der Waals surface area contributed by atoms with Crippen LogP contribution in [0.1, 0.15) is 12.6 Å². The van der Waals surface area contributed by atoms with E-state index in [1.807, 2.05) is 12.3 Å². The minimum atomic E-state index is -2.83. The summed E-state index contributed by atoms with van der Waals surface area (Å²) in [6.07, 6.45) is 0. The van der Waals surface area contributed by atoms with Crippen LogP contribution in [-0.2, 0) is 6.54 Å². The minimum absolute atomic E-state index is 0.154. The molecular formula is C13H14F2N2OS.